The fraction of sp³-hybridized carbons (Fsp3) is 0.933. The number of rotatable bonds is 6. The lowest BCUT2D eigenvalue weighted by atomic mass is 9.97. The molecule has 3 nitrogen and oxygen atoms in total. The van der Waals surface area contributed by atoms with Gasteiger partial charge in [-0.3, -0.25) is 4.79 Å². The van der Waals surface area contributed by atoms with Crippen molar-refractivity contribution in [1.29, 1.82) is 0 Å². The van der Waals surface area contributed by atoms with Crippen molar-refractivity contribution in [2.24, 2.45) is 17.8 Å². The lowest BCUT2D eigenvalue weighted by molar-refractivity contribution is -0.132. The van der Waals surface area contributed by atoms with Crippen LogP contribution in [0.4, 0.5) is 0 Å². The maximum atomic E-state index is 12.2. The van der Waals surface area contributed by atoms with E-state index < -0.39 is 0 Å². The van der Waals surface area contributed by atoms with Gasteiger partial charge >= 0.3 is 0 Å². The van der Waals surface area contributed by atoms with Crippen LogP contribution in [0.3, 0.4) is 0 Å². The molecule has 3 fully saturated rings. The van der Waals surface area contributed by atoms with E-state index in [1.54, 1.807) is 0 Å². The number of hydrogen-bond donors (Lipinski definition) is 1. The van der Waals surface area contributed by atoms with E-state index in [0.29, 0.717) is 5.91 Å². The van der Waals surface area contributed by atoms with Crippen LogP contribution in [0, 0.1) is 17.8 Å². The Balaban J connectivity index is 1.44. The summed E-state index contributed by atoms with van der Waals surface area (Å²) in [4.78, 5) is 14.2. The summed E-state index contributed by atoms with van der Waals surface area (Å²) in [6.45, 7) is 5.05. The molecule has 1 N–H and O–H groups in total. The van der Waals surface area contributed by atoms with Crippen LogP contribution >= 0.6 is 0 Å². The molecule has 0 aromatic heterocycles. The quantitative estimate of drug-likeness (QED) is 0.782. The van der Waals surface area contributed by atoms with Crippen molar-refractivity contribution in [1.82, 2.24) is 10.2 Å². The minimum Gasteiger partial charge on any atom is -0.341 e. The van der Waals surface area contributed by atoms with Gasteiger partial charge in [-0.15, -0.1) is 0 Å². The molecule has 0 spiro atoms. The van der Waals surface area contributed by atoms with Crippen molar-refractivity contribution in [2.75, 3.05) is 19.6 Å². The third kappa shape index (κ3) is 2.87. The van der Waals surface area contributed by atoms with Crippen molar-refractivity contribution >= 4 is 5.91 Å². The predicted molar refractivity (Wildman–Crippen MR) is 72.2 cm³/mol. The number of nitrogens with zero attached hydrogens (tertiary/aromatic N) is 1. The normalized spacial score (nSPS) is 25.8. The Morgan fingerprint density at radius 1 is 1.17 bits per heavy atom. The van der Waals surface area contributed by atoms with Gasteiger partial charge in [0.25, 0.3) is 0 Å². The highest BCUT2D eigenvalue weighted by atomic mass is 16.2. The van der Waals surface area contributed by atoms with Gasteiger partial charge in [-0.05, 0) is 69.7 Å². The first-order valence-corrected chi connectivity index (χ1v) is 7.78. The molecule has 2 aliphatic carbocycles. The zero-order valence-electron chi connectivity index (χ0n) is 11.5. The molecule has 1 heterocycles. The lowest BCUT2D eigenvalue weighted by Crippen LogP contribution is -2.45. The van der Waals surface area contributed by atoms with Crippen LogP contribution in [0.1, 0.15) is 45.4 Å². The Morgan fingerprint density at radius 2 is 1.72 bits per heavy atom. The molecule has 1 atom stereocenters. The van der Waals surface area contributed by atoms with Crippen LogP contribution in [0.2, 0.25) is 0 Å². The highest BCUT2D eigenvalue weighted by molar-refractivity contribution is 5.81. The van der Waals surface area contributed by atoms with Gasteiger partial charge in [0.1, 0.15) is 0 Å². The third-order valence-electron chi connectivity index (χ3n) is 4.90. The van der Waals surface area contributed by atoms with E-state index in [2.05, 4.69) is 5.32 Å². The molecule has 2 saturated carbocycles. The van der Waals surface area contributed by atoms with Gasteiger partial charge in [-0.2, -0.15) is 0 Å². The average molecular weight is 250 g/mol. The van der Waals surface area contributed by atoms with Crippen LogP contribution in [-0.2, 0) is 4.79 Å². The van der Waals surface area contributed by atoms with E-state index in [1.807, 2.05) is 11.8 Å². The van der Waals surface area contributed by atoms with Gasteiger partial charge in [-0.25, -0.2) is 0 Å². The van der Waals surface area contributed by atoms with Crippen molar-refractivity contribution < 1.29 is 4.79 Å². The lowest BCUT2D eigenvalue weighted by Gasteiger charge is -2.24. The van der Waals surface area contributed by atoms with Gasteiger partial charge in [0.05, 0.1) is 6.04 Å². The molecular weight excluding hydrogens is 224 g/mol. The second kappa shape index (κ2) is 5.20. The van der Waals surface area contributed by atoms with E-state index >= 15 is 0 Å². The maximum absolute atomic E-state index is 12.2. The summed E-state index contributed by atoms with van der Waals surface area (Å²) >= 11 is 0. The SMILES string of the molecule is CC(NCC(C1CC1)C1CC1)C(=O)N1CCCC1. The number of nitrogens with one attached hydrogen (secondary N) is 1. The molecule has 1 unspecified atom stereocenters. The fourth-order valence-corrected chi connectivity index (χ4v) is 3.38. The summed E-state index contributed by atoms with van der Waals surface area (Å²) < 4.78 is 0. The molecule has 3 rings (SSSR count). The number of hydrogen-bond acceptors (Lipinski definition) is 2. The monoisotopic (exact) mass is 250 g/mol. The van der Waals surface area contributed by atoms with Gasteiger partial charge < -0.3 is 10.2 Å². The van der Waals surface area contributed by atoms with Gasteiger partial charge in [0.2, 0.25) is 5.91 Å². The van der Waals surface area contributed by atoms with Crippen molar-refractivity contribution in [3.8, 4) is 0 Å². The zero-order valence-corrected chi connectivity index (χ0v) is 11.5. The van der Waals surface area contributed by atoms with Gasteiger partial charge in [-0.1, -0.05) is 0 Å². The highest BCUT2D eigenvalue weighted by Gasteiger charge is 2.41. The Hall–Kier alpha value is -0.570. The average Bonchev–Trinajstić information content (AvgIpc) is 3.30. The molecule has 0 radical (unpaired) electrons. The predicted octanol–water partition coefficient (Wildman–Crippen LogP) is 2.02. The molecule has 3 heteroatoms. The number of carbonyl (C=O) groups is 1. The van der Waals surface area contributed by atoms with E-state index in [0.717, 1.165) is 37.4 Å². The number of amides is 1. The van der Waals surface area contributed by atoms with Crippen LogP contribution in [0.15, 0.2) is 0 Å². The maximum Gasteiger partial charge on any atom is 0.239 e. The summed E-state index contributed by atoms with van der Waals surface area (Å²) in [5, 5.41) is 3.51. The first-order chi connectivity index (χ1) is 8.75. The molecule has 0 bridgehead atoms. The summed E-state index contributed by atoms with van der Waals surface area (Å²) in [5.74, 6) is 3.12. The Morgan fingerprint density at radius 3 is 2.22 bits per heavy atom. The first kappa shape index (κ1) is 12.5. The van der Waals surface area contributed by atoms with Gasteiger partial charge in [0.15, 0.2) is 0 Å². The molecule has 102 valence electrons. The van der Waals surface area contributed by atoms with Crippen molar-refractivity contribution in [2.45, 2.75) is 51.5 Å². The second-order valence-electron chi connectivity index (χ2n) is 6.50. The smallest absolute Gasteiger partial charge is 0.239 e. The summed E-state index contributed by atoms with van der Waals surface area (Å²) in [7, 11) is 0. The minimum absolute atomic E-state index is 0.0168. The number of likely N-dealkylation sites (tertiary alicyclic amines) is 1. The molecule has 0 aromatic rings. The summed E-state index contributed by atoms with van der Waals surface area (Å²) in [6, 6.07) is 0.0168. The summed E-state index contributed by atoms with van der Waals surface area (Å²) in [6.07, 6.45) is 8.08. The van der Waals surface area contributed by atoms with E-state index in [1.165, 1.54) is 38.5 Å². The van der Waals surface area contributed by atoms with Crippen LogP contribution in [-0.4, -0.2) is 36.5 Å². The summed E-state index contributed by atoms with van der Waals surface area (Å²) in [5.41, 5.74) is 0. The molecule has 0 aromatic carbocycles. The van der Waals surface area contributed by atoms with Crippen molar-refractivity contribution in [3.05, 3.63) is 0 Å². The van der Waals surface area contributed by atoms with E-state index in [4.69, 9.17) is 0 Å². The van der Waals surface area contributed by atoms with Crippen LogP contribution < -0.4 is 5.32 Å². The Labute approximate surface area is 110 Å². The molecular formula is C15H26N2O. The van der Waals surface area contributed by atoms with E-state index in [9.17, 15) is 4.79 Å². The number of carbonyl (C=O) groups excluding carboxylic acids is 1. The van der Waals surface area contributed by atoms with E-state index in [-0.39, 0.29) is 6.04 Å². The second-order valence-corrected chi connectivity index (χ2v) is 6.50. The molecule has 1 saturated heterocycles. The van der Waals surface area contributed by atoms with Crippen molar-refractivity contribution in [3.63, 3.8) is 0 Å². The third-order valence-corrected chi connectivity index (χ3v) is 4.90. The zero-order chi connectivity index (χ0) is 12.5. The topological polar surface area (TPSA) is 32.3 Å². The van der Waals surface area contributed by atoms with Crippen LogP contribution in [0.25, 0.3) is 0 Å². The minimum atomic E-state index is 0.0168. The Kier molecular flexibility index (Phi) is 3.60. The molecule has 3 aliphatic rings. The first-order valence-electron chi connectivity index (χ1n) is 7.78. The standard InChI is InChI=1S/C15H26N2O/c1-11(15(18)17-8-2-3-9-17)16-10-14(12-4-5-12)13-6-7-13/h11-14,16H,2-10H2,1H3. The molecule has 1 amide bonds. The highest BCUT2D eigenvalue weighted by Crippen LogP contribution is 2.48. The van der Waals surface area contributed by atoms with Crippen LogP contribution in [0.5, 0.6) is 0 Å². The largest absolute Gasteiger partial charge is 0.341 e. The Bertz CT molecular complexity index is 292. The fourth-order valence-electron chi connectivity index (χ4n) is 3.38. The molecule has 18 heavy (non-hydrogen) atoms. The molecule has 1 aliphatic heterocycles. The van der Waals surface area contributed by atoms with Gasteiger partial charge in [0, 0.05) is 13.1 Å².